The number of carbonyl (C=O) groups is 1. The molecule has 2 aromatic rings. The summed E-state index contributed by atoms with van der Waals surface area (Å²) in [6, 6.07) is 9.16. The van der Waals surface area contributed by atoms with Crippen LogP contribution in [0.5, 0.6) is 0 Å². The van der Waals surface area contributed by atoms with E-state index >= 15 is 0 Å². The van der Waals surface area contributed by atoms with Gasteiger partial charge in [-0.05, 0) is 23.8 Å². The number of nitrogen functional groups attached to an aromatic ring is 1. The average Bonchev–Trinajstić information content (AvgIpc) is 2.37. The van der Waals surface area contributed by atoms with Crippen molar-refractivity contribution < 1.29 is 18.0 Å². The lowest BCUT2D eigenvalue weighted by atomic mass is 9.93. The molecule has 0 aliphatic heterocycles. The minimum Gasteiger partial charge on any atom is -0.398 e. The van der Waals surface area contributed by atoms with Crippen LogP contribution in [-0.2, 0) is 6.18 Å². The fraction of sp³-hybridized carbons (Fsp3) is 0.0714. The Kier molecular flexibility index (Phi) is 3.40. The fourth-order valence-corrected chi connectivity index (χ4v) is 2.02. The largest absolute Gasteiger partial charge is 0.417 e. The molecule has 0 aromatic heterocycles. The van der Waals surface area contributed by atoms with Gasteiger partial charge < -0.3 is 11.5 Å². The smallest absolute Gasteiger partial charge is 0.398 e. The maximum Gasteiger partial charge on any atom is 0.417 e. The topological polar surface area (TPSA) is 69.1 Å². The third kappa shape index (κ3) is 2.45. The van der Waals surface area contributed by atoms with Crippen molar-refractivity contribution in [1.29, 1.82) is 0 Å². The molecule has 20 heavy (non-hydrogen) atoms. The zero-order valence-electron chi connectivity index (χ0n) is 10.2. The molecule has 0 fully saturated rings. The molecule has 0 heterocycles. The molecular formula is C14H11F3N2O. The number of anilines is 1. The molecule has 0 radical (unpaired) electrons. The van der Waals surface area contributed by atoms with Crippen LogP contribution in [0.1, 0.15) is 15.9 Å². The number of rotatable bonds is 2. The highest BCUT2D eigenvalue weighted by molar-refractivity contribution is 6.03. The van der Waals surface area contributed by atoms with E-state index in [4.69, 9.17) is 11.5 Å². The normalized spacial score (nSPS) is 11.3. The van der Waals surface area contributed by atoms with Gasteiger partial charge in [0.2, 0.25) is 5.91 Å². The van der Waals surface area contributed by atoms with Crippen LogP contribution in [0.2, 0.25) is 0 Å². The molecule has 0 spiro atoms. The first-order valence-corrected chi connectivity index (χ1v) is 5.67. The number of hydrogen-bond donors (Lipinski definition) is 2. The van der Waals surface area contributed by atoms with Crippen LogP contribution < -0.4 is 11.5 Å². The zero-order chi connectivity index (χ0) is 14.9. The minimum atomic E-state index is -4.55. The maximum absolute atomic E-state index is 13.0. The molecule has 0 saturated carbocycles. The summed E-state index contributed by atoms with van der Waals surface area (Å²) in [5.74, 6) is -0.829. The Bertz CT molecular complexity index is 666. The van der Waals surface area contributed by atoms with E-state index in [9.17, 15) is 18.0 Å². The lowest BCUT2D eigenvalue weighted by Gasteiger charge is -2.16. The van der Waals surface area contributed by atoms with Crippen molar-refractivity contribution in [1.82, 2.24) is 0 Å². The molecule has 3 nitrogen and oxygen atoms in total. The minimum absolute atomic E-state index is 0.00734. The lowest BCUT2D eigenvalue weighted by Crippen LogP contribution is -2.15. The molecule has 0 saturated heterocycles. The Morgan fingerprint density at radius 3 is 2.25 bits per heavy atom. The summed E-state index contributed by atoms with van der Waals surface area (Å²) in [5.41, 5.74) is 9.95. The van der Waals surface area contributed by atoms with Crippen molar-refractivity contribution in [3.05, 3.63) is 53.6 Å². The average molecular weight is 280 g/mol. The van der Waals surface area contributed by atoms with E-state index in [0.717, 1.165) is 6.07 Å². The van der Waals surface area contributed by atoms with Crippen LogP contribution in [0.15, 0.2) is 42.5 Å². The molecule has 4 N–H and O–H groups in total. The van der Waals surface area contributed by atoms with Crippen molar-refractivity contribution in [3.63, 3.8) is 0 Å². The van der Waals surface area contributed by atoms with Gasteiger partial charge in [0, 0.05) is 16.8 Å². The van der Waals surface area contributed by atoms with E-state index in [0.29, 0.717) is 0 Å². The molecule has 6 heteroatoms. The number of benzene rings is 2. The summed E-state index contributed by atoms with van der Waals surface area (Å²) < 4.78 is 39.1. The van der Waals surface area contributed by atoms with Gasteiger partial charge >= 0.3 is 6.18 Å². The number of hydrogen-bond acceptors (Lipinski definition) is 2. The molecule has 2 rings (SSSR count). The van der Waals surface area contributed by atoms with E-state index in [1.807, 2.05) is 0 Å². The molecular weight excluding hydrogens is 269 g/mol. The molecule has 2 aromatic carbocycles. The Morgan fingerprint density at radius 2 is 1.65 bits per heavy atom. The maximum atomic E-state index is 13.0. The Balaban J connectivity index is 2.79. The highest BCUT2D eigenvalue weighted by atomic mass is 19.4. The van der Waals surface area contributed by atoms with Crippen molar-refractivity contribution >= 4 is 11.6 Å². The van der Waals surface area contributed by atoms with Gasteiger partial charge in [-0.3, -0.25) is 4.79 Å². The first kappa shape index (κ1) is 13.9. The van der Waals surface area contributed by atoms with Gasteiger partial charge in [-0.15, -0.1) is 0 Å². The second kappa shape index (κ2) is 4.88. The van der Waals surface area contributed by atoms with Crippen LogP contribution >= 0.6 is 0 Å². The Labute approximate surface area is 113 Å². The first-order chi connectivity index (χ1) is 9.32. The van der Waals surface area contributed by atoms with Crippen molar-refractivity contribution in [2.75, 3.05) is 5.73 Å². The molecule has 0 unspecified atom stereocenters. The number of primary amides is 1. The number of nitrogens with two attached hydrogens (primary N) is 2. The molecule has 104 valence electrons. The standard InChI is InChI=1S/C14H11F3N2O/c15-14(16,17)10-6-2-1-4-8(10)12-9(13(19)20)5-3-7-11(12)18/h1-7H,18H2,(H2,19,20). The van der Waals surface area contributed by atoms with E-state index in [-0.39, 0.29) is 22.4 Å². The van der Waals surface area contributed by atoms with Crippen LogP contribution in [-0.4, -0.2) is 5.91 Å². The lowest BCUT2D eigenvalue weighted by molar-refractivity contribution is -0.137. The zero-order valence-corrected chi connectivity index (χ0v) is 10.2. The van der Waals surface area contributed by atoms with E-state index in [1.165, 1.54) is 36.4 Å². The number of alkyl halides is 3. The van der Waals surface area contributed by atoms with Gasteiger partial charge in [-0.1, -0.05) is 24.3 Å². The third-order valence-corrected chi connectivity index (χ3v) is 2.86. The number of carbonyl (C=O) groups excluding carboxylic acids is 1. The van der Waals surface area contributed by atoms with Gasteiger partial charge in [-0.25, -0.2) is 0 Å². The quantitative estimate of drug-likeness (QED) is 0.830. The SMILES string of the molecule is NC(=O)c1cccc(N)c1-c1ccccc1C(F)(F)F. The second-order valence-corrected chi connectivity index (χ2v) is 4.18. The molecule has 0 bridgehead atoms. The summed E-state index contributed by atoms with van der Waals surface area (Å²) in [7, 11) is 0. The summed E-state index contributed by atoms with van der Waals surface area (Å²) >= 11 is 0. The second-order valence-electron chi connectivity index (χ2n) is 4.18. The van der Waals surface area contributed by atoms with E-state index in [2.05, 4.69) is 0 Å². The van der Waals surface area contributed by atoms with E-state index < -0.39 is 17.6 Å². The number of amides is 1. The summed E-state index contributed by atoms with van der Waals surface area (Å²) in [6.45, 7) is 0. The van der Waals surface area contributed by atoms with Gasteiger partial charge in [0.15, 0.2) is 0 Å². The van der Waals surface area contributed by atoms with Crippen molar-refractivity contribution in [3.8, 4) is 11.1 Å². The van der Waals surface area contributed by atoms with Crippen LogP contribution in [0, 0.1) is 0 Å². The van der Waals surface area contributed by atoms with E-state index in [1.54, 1.807) is 0 Å². The fourth-order valence-electron chi connectivity index (χ4n) is 2.02. The molecule has 1 amide bonds. The van der Waals surface area contributed by atoms with Crippen molar-refractivity contribution in [2.45, 2.75) is 6.18 Å². The predicted molar refractivity (Wildman–Crippen MR) is 69.8 cm³/mol. The summed E-state index contributed by atoms with van der Waals surface area (Å²) in [6.07, 6.45) is -4.55. The summed E-state index contributed by atoms with van der Waals surface area (Å²) in [5, 5.41) is 0. The monoisotopic (exact) mass is 280 g/mol. The molecule has 0 atom stereocenters. The highest BCUT2D eigenvalue weighted by Gasteiger charge is 2.34. The third-order valence-electron chi connectivity index (χ3n) is 2.86. The number of halogens is 3. The highest BCUT2D eigenvalue weighted by Crippen LogP contribution is 2.40. The summed E-state index contributed by atoms with van der Waals surface area (Å²) in [4.78, 5) is 11.4. The van der Waals surface area contributed by atoms with Gasteiger partial charge in [0.1, 0.15) is 0 Å². The van der Waals surface area contributed by atoms with Crippen LogP contribution in [0.3, 0.4) is 0 Å². The van der Waals surface area contributed by atoms with Gasteiger partial charge in [0.05, 0.1) is 5.56 Å². The Morgan fingerprint density at radius 1 is 1.00 bits per heavy atom. The van der Waals surface area contributed by atoms with Crippen LogP contribution in [0.25, 0.3) is 11.1 Å². The Hall–Kier alpha value is -2.50. The molecule has 0 aliphatic carbocycles. The molecule has 0 aliphatic rings. The predicted octanol–water partition coefficient (Wildman–Crippen LogP) is 3.05. The van der Waals surface area contributed by atoms with Gasteiger partial charge in [-0.2, -0.15) is 13.2 Å². The van der Waals surface area contributed by atoms with Gasteiger partial charge in [0.25, 0.3) is 0 Å². The first-order valence-electron chi connectivity index (χ1n) is 5.67. The van der Waals surface area contributed by atoms with Crippen molar-refractivity contribution in [2.24, 2.45) is 5.73 Å². The van der Waals surface area contributed by atoms with Crippen LogP contribution in [0.4, 0.5) is 18.9 Å².